The number of nitriles is 1. The average molecular weight is 387 g/mol. The van der Waals surface area contributed by atoms with Crippen LogP contribution in [0.4, 0.5) is 5.95 Å². The summed E-state index contributed by atoms with van der Waals surface area (Å²) in [7, 11) is 0. The average Bonchev–Trinajstić information content (AvgIpc) is 3.42. The summed E-state index contributed by atoms with van der Waals surface area (Å²) in [4.78, 5) is 8.74. The lowest BCUT2D eigenvalue weighted by molar-refractivity contribution is 0.636. The molecule has 0 bridgehead atoms. The molecule has 0 spiro atoms. The van der Waals surface area contributed by atoms with Gasteiger partial charge < -0.3 is 10.6 Å². The molecule has 2 N–H and O–H groups in total. The van der Waals surface area contributed by atoms with Crippen molar-refractivity contribution in [3.05, 3.63) is 82.7 Å². The molecule has 3 aromatic rings. The van der Waals surface area contributed by atoms with Gasteiger partial charge in [-0.1, -0.05) is 42.1 Å². The molecule has 1 aromatic carbocycles. The van der Waals surface area contributed by atoms with E-state index in [9.17, 15) is 5.26 Å². The van der Waals surface area contributed by atoms with Gasteiger partial charge in [0.15, 0.2) is 0 Å². The van der Waals surface area contributed by atoms with Crippen LogP contribution in [0.25, 0.3) is 11.3 Å². The molecule has 2 aromatic heterocycles. The molecule has 0 radical (unpaired) electrons. The lowest BCUT2D eigenvalue weighted by Crippen LogP contribution is -2.13. The van der Waals surface area contributed by atoms with Crippen LogP contribution >= 0.6 is 11.8 Å². The third-order valence-corrected chi connectivity index (χ3v) is 4.96. The van der Waals surface area contributed by atoms with Gasteiger partial charge in [-0.3, -0.25) is 4.68 Å². The Kier molecular flexibility index (Phi) is 5.36. The summed E-state index contributed by atoms with van der Waals surface area (Å²) in [5, 5.41) is 23.1. The fourth-order valence-electron chi connectivity index (χ4n) is 2.70. The van der Waals surface area contributed by atoms with Crippen molar-refractivity contribution in [3.63, 3.8) is 0 Å². The van der Waals surface area contributed by atoms with Crippen molar-refractivity contribution in [3.8, 4) is 6.07 Å². The predicted molar refractivity (Wildman–Crippen MR) is 110 cm³/mol. The largest absolute Gasteiger partial charge is 0.352 e. The fraction of sp³-hybridized carbons (Fsp3) is 0.100. The van der Waals surface area contributed by atoms with Crippen LogP contribution in [0.3, 0.4) is 0 Å². The first-order chi connectivity index (χ1) is 13.8. The molecule has 0 aliphatic carbocycles. The molecule has 0 unspecified atom stereocenters. The van der Waals surface area contributed by atoms with Crippen LogP contribution in [0.1, 0.15) is 11.3 Å². The highest BCUT2D eigenvalue weighted by Crippen LogP contribution is 2.34. The second-order valence-electron chi connectivity index (χ2n) is 5.92. The lowest BCUT2D eigenvalue weighted by atomic mass is 10.1. The van der Waals surface area contributed by atoms with E-state index in [2.05, 4.69) is 31.8 Å². The number of nitrogens with zero attached hydrogens (tertiary/aromatic N) is 5. The Hall–Kier alpha value is -3.57. The molecule has 3 heterocycles. The summed E-state index contributed by atoms with van der Waals surface area (Å²) in [6.45, 7) is 1.34. The Labute approximate surface area is 166 Å². The molecule has 0 fully saturated rings. The van der Waals surface area contributed by atoms with E-state index < -0.39 is 0 Å². The summed E-state index contributed by atoms with van der Waals surface area (Å²) in [6, 6.07) is 15.9. The zero-order valence-corrected chi connectivity index (χ0v) is 15.7. The molecular formula is C20H17N7S. The van der Waals surface area contributed by atoms with E-state index in [4.69, 9.17) is 0 Å². The van der Waals surface area contributed by atoms with E-state index in [-0.39, 0.29) is 0 Å². The van der Waals surface area contributed by atoms with Crippen molar-refractivity contribution in [2.24, 2.45) is 0 Å². The third kappa shape index (κ3) is 4.05. The molecule has 4 rings (SSSR count). The molecule has 0 saturated carbocycles. The second kappa shape index (κ2) is 8.41. The van der Waals surface area contributed by atoms with E-state index in [0.717, 1.165) is 16.3 Å². The number of hydrogen-bond donors (Lipinski definition) is 2. The zero-order valence-electron chi connectivity index (χ0n) is 14.9. The second-order valence-corrected chi connectivity index (χ2v) is 6.80. The Morgan fingerprint density at radius 1 is 1.18 bits per heavy atom. The number of nitrogens with one attached hydrogen (secondary N) is 2. The first-order valence-corrected chi connectivity index (χ1v) is 9.60. The van der Waals surface area contributed by atoms with E-state index in [1.165, 1.54) is 11.8 Å². The van der Waals surface area contributed by atoms with E-state index in [0.29, 0.717) is 30.3 Å². The molecule has 28 heavy (non-hydrogen) atoms. The van der Waals surface area contributed by atoms with E-state index >= 15 is 0 Å². The Morgan fingerprint density at radius 3 is 2.86 bits per heavy atom. The summed E-state index contributed by atoms with van der Waals surface area (Å²) in [5.74, 6) is 0.484. The van der Waals surface area contributed by atoms with E-state index in [1.54, 1.807) is 18.5 Å². The van der Waals surface area contributed by atoms with Gasteiger partial charge in [-0.25, -0.2) is 9.97 Å². The predicted octanol–water partition coefficient (Wildman–Crippen LogP) is 3.31. The standard InChI is InChI=1S/C20H17N7S/c21-13-16(19-25-18(14-28-19)15-5-2-1-3-6-15)17-7-9-22-20(26-17)23-10-12-27-11-4-8-24-27/h1-9,11,14,25H,10,12H2,(H,22,23,26)/b19-16+. The van der Waals surface area contributed by atoms with Gasteiger partial charge in [0.05, 0.1) is 23.0 Å². The van der Waals surface area contributed by atoms with Gasteiger partial charge in [-0.15, -0.1) is 0 Å². The maximum absolute atomic E-state index is 9.71. The number of rotatable bonds is 6. The van der Waals surface area contributed by atoms with Crippen molar-refractivity contribution in [1.82, 2.24) is 25.1 Å². The minimum atomic E-state index is 0.484. The van der Waals surface area contributed by atoms with Gasteiger partial charge in [-0.2, -0.15) is 10.4 Å². The molecule has 7 nitrogen and oxygen atoms in total. The normalized spacial score (nSPS) is 14.8. The van der Waals surface area contributed by atoms with Crippen molar-refractivity contribution in [2.45, 2.75) is 6.54 Å². The van der Waals surface area contributed by atoms with Crippen LogP contribution in [0, 0.1) is 11.3 Å². The lowest BCUT2D eigenvalue weighted by Gasteiger charge is -2.09. The van der Waals surface area contributed by atoms with Crippen LogP contribution < -0.4 is 10.6 Å². The molecule has 138 valence electrons. The van der Waals surface area contributed by atoms with Gasteiger partial charge >= 0.3 is 0 Å². The number of benzene rings is 1. The maximum atomic E-state index is 9.71. The van der Waals surface area contributed by atoms with Crippen molar-refractivity contribution in [1.29, 1.82) is 5.26 Å². The SMILES string of the molecule is N#C/C(=C1/NC(c2ccccc2)=CS1)c1ccnc(NCCn2cccn2)n1. The fourth-order valence-corrected chi connectivity index (χ4v) is 3.57. The van der Waals surface area contributed by atoms with Gasteiger partial charge in [0.2, 0.25) is 5.95 Å². The van der Waals surface area contributed by atoms with Crippen LogP contribution in [0.2, 0.25) is 0 Å². The highest BCUT2D eigenvalue weighted by molar-refractivity contribution is 8.06. The first kappa shape index (κ1) is 17.8. The van der Waals surface area contributed by atoms with Crippen molar-refractivity contribution in [2.75, 3.05) is 11.9 Å². The molecule has 8 heteroatoms. The van der Waals surface area contributed by atoms with Crippen molar-refractivity contribution < 1.29 is 0 Å². The molecule has 1 aliphatic heterocycles. The number of aromatic nitrogens is 4. The first-order valence-electron chi connectivity index (χ1n) is 8.72. The Balaban J connectivity index is 1.48. The third-order valence-electron chi connectivity index (χ3n) is 4.06. The Bertz CT molecular complexity index is 1050. The highest BCUT2D eigenvalue weighted by Gasteiger charge is 2.18. The minimum absolute atomic E-state index is 0.484. The number of thioether (sulfide) groups is 1. The molecule has 0 saturated heterocycles. The molecular weight excluding hydrogens is 370 g/mol. The van der Waals surface area contributed by atoms with Crippen LogP contribution in [0.15, 0.2) is 71.5 Å². The number of allylic oxidation sites excluding steroid dienone is 1. The monoisotopic (exact) mass is 387 g/mol. The summed E-state index contributed by atoms with van der Waals surface area (Å²) in [6.07, 6.45) is 5.30. The maximum Gasteiger partial charge on any atom is 0.223 e. The smallest absolute Gasteiger partial charge is 0.223 e. The molecule has 1 aliphatic rings. The summed E-state index contributed by atoms with van der Waals surface area (Å²) in [5.41, 5.74) is 3.12. The van der Waals surface area contributed by atoms with Gasteiger partial charge in [0, 0.05) is 30.5 Å². The van der Waals surface area contributed by atoms with Crippen molar-refractivity contribution >= 4 is 29.0 Å². The Morgan fingerprint density at radius 2 is 2.07 bits per heavy atom. The van der Waals surface area contributed by atoms with Crippen LogP contribution in [-0.2, 0) is 6.54 Å². The highest BCUT2D eigenvalue weighted by atomic mass is 32.2. The molecule has 0 atom stereocenters. The number of anilines is 1. The minimum Gasteiger partial charge on any atom is -0.352 e. The zero-order chi connectivity index (χ0) is 19.2. The topological polar surface area (TPSA) is 91.5 Å². The van der Waals surface area contributed by atoms with Gasteiger partial charge in [-0.05, 0) is 17.7 Å². The number of hydrogen-bond acceptors (Lipinski definition) is 7. The van der Waals surface area contributed by atoms with Crippen LogP contribution in [0.5, 0.6) is 0 Å². The quantitative estimate of drug-likeness (QED) is 0.627. The summed E-state index contributed by atoms with van der Waals surface area (Å²) >= 11 is 1.49. The van der Waals surface area contributed by atoms with Gasteiger partial charge in [0.25, 0.3) is 0 Å². The molecule has 0 amide bonds. The van der Waals surface area contributed by atoms with Crippen LogP contribution in [-0.4, -0.2) is 26.3 Å². The van der Waals surface area contributed by atoms with Gasteiger partial charge in [0.1, 0.15) is 11.6 Å². The van der Waals surface area contributed by atoms with E-state index in [1.807, 2.05) is 52.7 Å². The summed E-state index contributed by atoms with van der Waals surface area (Å²) < 4.78 is 1.83.